The van der Waals surface area contributed by atoms with Crippen LogP contribution in [0, 0.1) is 5.92 Å². The second-order valence-corrected chi connectivity index (χ2v) is 13.0. The molecule has 4 heterocycles. The molecule has 47 heavy (non-hydrogen) atoms. The lowest BCUT2D eigenvalue weighted by Gasteiger charge is -2.30. The average molecular weight is 665 g/mol. The lowest BCUT2D eigenvalue weighted by Crippen LogP contribution is -2.57. The zero-order valence-corrected chi connectivity index (χ0v) is 27.0. The number of hydrogen-bond acceptors (Lipinski definition) is 11. The van der Waals surface area contributed by atoms with Crippen LogP contribution in [0.1, 0.15) is 33.1 Å². The molecule has 0 unspecified atom stereocenters. The number of nitrogens with zero attached hydrogens (tertiary/aromatic N) is 3. The Hall–Kier alpha value is -4.92. The number of alkyl carbamates (subject to hydrolysis) is 1. The van der Waals surface area contributed by atoms with E-state index in [2.05, 4.69) is 22.5 Å². The molecule has 15 heteroatoms. The van der Waals surface area contributed by atoms with Gasteiger partial charge in [0.1, 0.15) is 40.9 Å². The number of carboxylic acid groups (broad SMARTS) is 1. The molecule has 2 saturated heterocycles. The molecule has 1 saturated carbocycles. The van der Waals surface area contributed by atoms with Gasteiger partial charge in [0.2, 0.25) is 11.8 Å². The summed E-state index contributed by atoms with van der Waals surface area (Å²) >= 11 is 1.46. The fraction of sp³-hybridized carbons (Fsp3) is 0.438. The van der Waals surface area contributed by atoms with E-state index in [1.165, 1.54) is 22.3 Å². The summed E-state index contributed by atoms with van der Waals surface area (Å²) in [6.07, 6.45) is 0.626. The SMILES string of the molecule is C=C[C@@H]1C[C@]1(NC(=O)[C@@H]1C[C@@H](Oc2cc(-c3csc(NC(C)C)n3)nc3cc(OC)ccc23)CN1C(=O)[C@@H]1CCOC(=O)N1)C(=O)O. The van der Waals surface area contributed by atoms with Gasteiger partial charge in [-0.2, -0.15) is 0 Å². The number of hydrogen-bond donors (Lipinski definition) is 4. The summed E-state index contributed by atoms with van der Waals surface area (Å²) in [6.45, 7) is 7.80. The van der Waals surface area contributed by atoms with Crippen LogP contribution in [0.5, 0.6) is 11.5 Å². The highest BCUT2D eigenvalue weighted by atomic mass is 32.1. The summed E-state index contributed by atoms with van der Waals surface area (Å²) < 4.78 is 16.9. The molecule has 5 atom stereocenters. The van der Waals surface area contributed by atoms with E-state index in [4.69, 9.17) is 24.2 Å². The maximum absolute atomic E-state index is 13.7. The topological polar surface area (TPSA) is 181 Å². The molecule has 3 aliphatic rings. The van der Waals surface area contributed by atoms with E-state index in [9.17, 15) is 24.3 Å². The Bertz CT molecular complexity index is 1750. The highest BCUT2D eigenvalue weighted by Crippen LogP contribution is 2.45. The quantitative estimate of drug-likeness (QED) is 0.221. The third kappa shape index (κ3) is 6.39. The number of nitrogens with one attached hydrogen (secondary N) is 3. The Morgan fingerprint density at radius 1 is 1.26 bits per heavy atom. The summed E-state index contributed by atoms with van der Waals surface area (Å²) in [5.41, 5.74) is 0.321. The number of carboxylic acids is 1. The van der Waals surface area contributed by atoms with Crippen molar-refractivity contribution in [1.82, 2.24) is 25.5 Å². The largest absolute Gasteiger partial charge is 0.497 e. The summed E-state index contributed by atoms with van der Waals surface area (Å²) in [7, 11) is 1.57. The van der Waals surface area contributed by atoms with Crippen LogP contribution in [-0.4, -0.2) is 93.9 Å². The van der Waals surface area contributed by atoms with Crippen LogP contribution in [0.3, 0.4) is 0 Å². The lowest BCUT2D eigenvalue weighted by molar-refractivity contribution is -0.145. The van der Waals surface area contributed by atoms with E-state index in [1.54, 1.807) is 25.3 Å². The second kappa shape index (κ2) is 12.7. The Morgan fingerprint density at radius 3 is 2.74 bits per heavy atom. The minimum atomic E-state index is -1.48. The van der Waals surface area contributed by atoms with E-state index >= 15 is 0 Å². The van der Waals surface area contributed by atoms with Crippen molar-refractivity contribution in [2.75, 3.05) is 25.6 Å². The number of thiazole rings is 1. The van der Waals surface area contributed by atoms with Crippen LogP contribution in [0.15, 0.2) is 42.3 Å². The number of cyclic esters (lactones) is 1. The van der Waals surface area contributed by atoms with Crippen LogP contribution >= 0.6 is 11.3 Å². The van der Waals surface area contributed by atoms with Gasteiger partial charge in [0.05, 0.1) is 31.5 Å². The first-order chi connectivity index (χ1) is 22.5. The predicted octanol–water partition coefficient (Wildman–Crippen LogP) is 3.18. The molecule has 6 rings (SSSR count). The molecule has 0 bridgehead atoms. The fourth-order valence-corrected chi connectivity index (χ4v) is 6.87. The first-order valence-electron chi connectivity index (χ1n) is 15.3. The van der Waals surface area contributed by atoms with Crippen molar-refractivity contribution in [3.05, 3.63) is 42.3 Å². The van der Waals surface area contributed by atoms with Gasteiger partial charge < -0.3 is 40.2 Å². The molecule has 1 aromatic carbocycles. The first kappa shape index (κ1) is 32.0. The van der Waals surface area contributed by atoms with Gasteiger partial charge in [-0.3, -0.25) is 9.59 Å². The molecule has 2 aliphatic heterocycles. The first-order valence-corrected chi connectivity index (χ1v) is 16.2. The van der Waals surface area contributed by atoms with E-state index in [-0.39, 0.29) is 38.5 Å². The zero-order valence-electron chi connectivity index (χ0n) is 26.1. The maximum atomic E-state index is 13.7. The van der Waals surface area contributed by atoms with E-state index in [0.717, 1.165) is 5.13 Å². The number of aliphatic carboxylic acids is 1. The van der Waals surface area contributed by atoms with Crippen LogP contribution < -0.4 is 25.4 Å². The van der Waals surface area contributed by atoms with Crippen LogP contribution in [0.4, 0.5) is 9.93 Å². The zero-order chi connectivity index (χ0) is 33.5. The van der Waals surface area contributed by atoms with Crippen molar-refractivity contribution >= 4 is 51.2 Å². The summed E-state index contributed by atoms with van der Waals surface area (Å²) in [4.78, 5) is 62.4. The van der Waals surface area contributed by atoms with Crippen molar-refractivity contribution in [2.45, 2.75) is 62.9 Å². The predicted molar refractivity (Wildman–Crippen MR) is 172 cm³/mol. The third-order valence-corrected chi connectivity index (χ3v) is 9.33. The summed E-state index contributed by atoms with van der Waals surface area (Å²) in [5.74, 6) is -1.63. The smallest absolute Gasteiger partial charge is 0.407 e. The number of pyridine rings is 1. The van der Waals surface area contributed by atoms with E-state index in [0.29, 0.717) is 33.8 Å². The molecule has 14 nitrogen and oxygen atoms in total. The number of ether oxygens (including phenoxy) is 3. The number of carbonyl (C=O) groups excluding carboxylic acids is 3. The molecule has 4 N–H and O–H groups in total. The number of aromatic nitrogens is 2. The van der Waals surface area contributed by atoms with Crippen molar-refractivity contribution in [2.24, 2.45) is 5.92 Å². The highest BCUT2D eigenvalue weighted by Gasteiger charge is 2.61. The highest BCUT2D eigenvalue weighted by molar-refractivity contribution is 7.14. The van der Waals surface area contributed by atoms with E-state index < -0.39 is 53.5 Å². The van der Waals surface area contributed by atoms with Crippen LogP contribution in [0.2, 0.25) is 0 Å². The number of carbonyl (C=O) groups is 4. The number of rotatable bonds is 11. The minimum absolute atomic E-state index is 0.0174. The van der Waals surface area contributed by atoms with E-state index in [1.807, 2.05) is 25.3 Å². The Morgan fingerprint density at radius 2 is 2.06 bits per heavy atom. The molecule has 3 aromatic rings. The Kier molecular flexibility index (Phi) is 8.66. The molecule has 3 fully saturated rings. The van der Waals surface area contributed by atoms with Gasteiger partial charge in [-0.15, -0.1) is 17.9 Å². The van der Waals surface area contributed by atoms with Gasteiger partial charge in [-0.1, -0.05) is 6.08 Å². The molecule has 0 radical (unpaired) electrons. The molecule has 3 amide bonds. The minimum Gasteiger partial charge on any atom is -0.497 e. The summed E-state index contributed by atoms with van der Waals surface area (Å²) in [6, 6.07) is 5.42. The molecule has 248 valence electrons. The standard InChI is InChI=1S/C32H36N6O8S/c1-5-17-13-32(17,29(41)42)37-27(39)25-11-19(14-38(25)28(40)21-8-9-45-31(43)36-21)46-26-12-23(24-15-47-30(35-24)33-16(2)3)34-22-10-18(44-4)6-7-20(22)26/h5-7,10,12,15-17,19,21,25H,1,8-9,11,13-14H2,2-4H3,(H,33,35)(H,36,43)(H,37,39)(H,41,42)/t17-,19-,21+,25+,32-/m1/s1. The monoisotopic (exact) mass is 664 g/mol. The van der Waals surface area contributed by atoms with Crippen molar-refractivity contribution in [3.63, 3.8) is 0 Å². The number of likely N-dealkylation sites (tertiary alicyclic amines) is 1. The van der Waals surface area contributed by atoms with Crippen LogP contribution in [0.25, 0.3) is 22.3 Å². The molecule has 0 spiro atoms. The molecule has 2 aromatic heterocycles. The third-order valence-electron chi connectivity index (χ3n) is 8.56. The average Bonchev–Trinajstić information content (AvgIpc) is 3.33. The number of benzene rings is 1. The van der Waals surface area contributed by atoms with Gasteiger partial charge in [0.15, 0.2) is 5.13 Å². The number of amides is 3. The number of methoxy groups -OCH3 is 1. The van der Waals surface area contributed by atoms with Crippen LogP contribution in [-0.2, 0) is 19.1 Å². The van der Waals surface area contributed by atoms with Gasteiger partial charge in [0, 0.05) is 47.7 Å². The molecular weight excluding hydrogens is 628 g/mol. The lowest BCUT2D eigenvalue weighted by atomic mass is 10.1. The second-order valence-electron chi connectivity index (χ2n) is 12.1. The Labute approximate surface area is 274 Å². The number of anilines is 1. The number of fused-ring (bicyclic) bond motifs is 1. The molecule has 1 aliphatic carbocycles. The van der Waals surface area contributed by atoms with Gasteiger partial charge in [0.25, 0.3) is 0 Å². The molecular formula is C32H36N6O8S. The van der Waals surface area contributed by atoms with Gasteiger partial charge in [-0.05, 0) is 32.4 Å². The van der Waals surface area contributed by atoms with Crippen molar-refractivity contribution in [3.8, 4) is 22.9 Å². The normalized spacial score (nSPS) is 25.1. The van der Waals surface area contributed by atoms with Gasteiger partial charge >= 0.3 is 12.1 Å². The fourth-order valence-electron chi connectivity index (χ4n) is 6.02. The Balaban J connectivity index is 1.32. The summed E-state index contributed by atoms with van der Waals surface area (Å²) in [5, 5.41) is 21.7. The maximum Gasteiger partial charge on any atom is 0.407 e. The van der Waals surface area contributed by atoms with Gasteiger partial charge in [-0.25, -0.2) is 19.6 Å². The van der Waals surface area contributed by atoms with Crippen molar-refractivity contribution in [1.29, 1.82) is 0 Å². The van der Waals surface area contributed by atoms with Crippen molar-refractivity contribution < 1.29 is 38.5 Å².